The number of rotatable bonds is 3. The van der Waals surface area contributed by atoms with Crippen LogP contribution >= 0.6 is 11.6 Å². The van der Waals surface area contributed by atoms with Crippen molar-refractivity contribution >= 4 is 34.7 Å². The molecule has 6 nitrogen and oxygen atoms in total. The molecule has 1 saturated heterocycles. The maximum absolute atomic E-state index is 12.4. The summed E-state index contributed by atoms with van der Waals surface area (Å²) in [5.41, 5.74) is 2.44. The lowest BCUT2D eigenvalue weighted by molar-refractivity contribution is -0.117. The Morgan fingerprint density at radius 2 is 2.12 bits per heavy atom. The first kappa shape index (κ1) is 15.0. The minimum atomic E-state index is -0.0111. The number of fused-ring (bicyclic) bond motifs is 1. The van der Waals surface area contributed by atoms with Gasteiger partial charge >= 0.3 is 0 Å². The summed E-state index contributed by atoms with van der Waals surface area (Å²) >= 11 is 6.23. The molecule has 0 bridgehead atoms. The Bertz CT molecular complexity index is 922. The summed E-state index contributed by atoms with van der Waals surface area (Å²) in [6.07, 6.45) is 2.12. The largest absolute Gasteiger partial charge is 0.365 e. The summed E-state index contributed by atoms with van der Waals surface area (Å²) in [6, 6.07) is 11.2. The first-order valence-corrected chi connectivity index (χ1v) is 8.12. The molecule has 1 unspecified atom stereocenters. The molecule has 0 spiro atoms. The zero-order valence-corrected chi connectivity index (χ0v) is 13.9. The number of para-hydroxylation sites is 1. The summed E-state index contributed by atoms with van der Waals surface area (Å²) < 4.78 is 1.75. The van der Waals surface area contributed by atoms with Crippen LogP contribution in [0.5, 0.6) is 0 Å². The highest BCUT2D eigenvalue weighted by atomic mass is 35.5. The molecule has 1 atom stereocenters. The van der Waals surface area contributed by atoms with E-state index in [1.54, 1.807) is 21.7 Å². The van der Waals surface area contributed by atoms with Gasteiger partial charge < -0.3 is 10.2 Å². The molecule has 1 amide bonds. The minimum absolute atomic E-state index is 0.0111. The number of halogens is 1. The Morgan fingerprint density at radius 3 is 2.96 bits per heavy atom. The van der Waals surface area contributed by atoms with Gasteiger partial charge in [0.05, 0.1) is 22.9 Å². The Hall–Kier alpha value is -2.60. The number of carbonyl (C=O) groups is 1. The summed E-state index contributed by atoms with van der Waals surface area (Å²) in [7, 11) is 0. The van der Waals surface area contributed by atoms with E-state index in [0.717, 1.165) is 22.8 Å². The Kier molecular flexibility index (Phi) is 3.61. The molecule has 3 aromatic rings. The number of anilines is 2. The van der Waals surface area contributed by atoms with Gasteiger partial charge in [0.1, 0.15) is 5.82 Å². The van der Waals surface area contributed by atoms with E-state index in [9.17, 15) is 4.79 Å². The van der Waals surface area contributed by atoms with Crippen molar-refractivity contribution in [3.05, 3.63) is 53.3 Å². The summed E-state index contributed by atoms with van der Waals surface area (Å²) in [6.45, 7) is 2.50. The lowest BCUT2D eigenvalue weighted by Gasteiger charge is -2.19. The van der Waals surface area contributed by atoms with Crippen LogP contribution in [0, 0.1) is 6.92 Å². The molecule has 3 heterocycles. The van der Waals surface area contributed by atoms with Crippen LogP contribution in [0.25, 0.3) is 5.65 Å². The van der Waals surface area contributed by atoms with Crippen LogP contribution in [0.15, 0.2) is 42.6 Å². The van der Waals surface area contributed by atoms with E-state index in [4.69, 9.17) is 11.6 Å². The van der Waals surface area contributed by atoms with Crippen molar-refractivity contribution in [2.24, 2.45) is 0 Å². The zero-order chi connectivity index (χ0) is 16.7. The molecule has 1 aliphatic rings. The van der Waals surface area contributed by atoms with Gasteiger partial charge in [0.15, 0.2) is 5.65 Å². The molecule has 1 N–H and O–H groups in total. The number of nitrogens with one attached hydrogen (secondary N) is 1. The molecule has 4 rings (SSSR count). The summed E-state index contributed by atoms with van der Waals surface area (Å²) in [5, 5.41) is 8.28. The fraction of sp³-hybridized carbons (Fsp3) is 0.235. The third-order valence-corrected chi connectivity index (χ3v) is 4.43. The van der Waals surface area contributed by atoms with Gasteiger partial charge in [-0.1, -0.05) is 23.7 Å². The van der Waals surface area contributed by atoms with Crippen molar-refractivity contribution in [3.8, 4) is 0 Å². The molecule has 7 heteroatoms. The number of carbonyl (C=O) groups excluding carboxylic acids is 1. The van der Waals surface area contributed by atoms with Crippen LogP contribution in [-0.4, -0.2) is 33.1 Å². The fourth-order valence-electron chi connectivity index (χ4n) is 3.06. The van der Waals surface area contributed by atoms with Gasteiger partial charge in [-0.15, -0.1) is 0 Å². The number of hydrogen-bond donors (Lipinski definition) is 1. The second-order valence-electron chi connectivity index (χ2n) is 5.89. The molecule has 2 aromatic heterocycles. The number of aromatic nitrogens is 3. The minimum Gasteiger partial charge on any atom is -0.365 e. The maximum atomic E-state index is 12.4. The van der Waals surface area contributed by atoms with Crippen molar-refractivity contribution in [1.82, 2.24) is 14.6 Å². The predicted molar refractivity (Wildman–Crippen MR) is 93.6 cm³/mol. The standard InChI is InChI=1S/C17H16ClN5O/c1-11-8-16(23-15(20-11)6-7-19-23)21-12-9-17(24)22(10-12)14-5-3-2-4-13(14)18/h2-8,12,21H,9-10H2,1H3. The first-order chi connectivity index (χ1) is 11.6. The lowest BCUT2D eigenvalue weighted by Crippen LogP contribution is -2.28. The average Bonchev–Trinajstić information content (AvgIpc) is 3.14. The maximum Gasteiger partial charge on any atom is 0.229 e. The molecule has 1 aromatic carbocycles. The van der Waals surface area contributed by atoms with Gasteiger partial charge in [-0.3, -0.25) is 4.79 Å². The van der Waals surface area contributed by atoms with Gasteiger partial charge in [-0.05, 0) is 19.1 Å². The predicted octanol–water partition coefficient (Wildman–Crippen LogP) is 2.91. The number of aryl methyl sites for hydroxylation is 1. The SMILES string of the molecule is Cc1cc(NC2CC(=O)N(c3ccccc3Cl)C2)n2nccc2n1. The second-order valence-corrected chi connectivity index (χ2v) is 6.29. The number of nitrogens with zero attached hydrogens (tertiary/aromatic N) is 4. The van der Waals surface area contributed by atoms with Crippen molar-refractivity contribution < 1.29 is 4.79 Å². The van der Waals surface area contributed by atoms with E-state index in [-0.39, 0.29) is 11.9 Å². The number of benzene rings is 1. The average molecular weight is 342 g/mol. The van der Waals surface area contributed by atoms with Crippen LogP contribution in [0.2, 0.25) is 5.02 Å². The highest BCUT2D eigenvalue weighted by Crippen LogP contribution is 2.30. The molecule has 0 radical (unpaired) electrons. The molecule has 1 fully saturated rings. The van der Waals surface area contributed by atoms with Crippen LogP contribution < -0.4 is 10.2 Å². The number of hydrogen-bond acceptors (Lipinski definition) is 4. The molecule has 0 aliphatic carbocycles. The normalized spacial score (nSPS) is 17.7. The molecule has 24 heavy (non-hydrogen) atoms. The van der Waals surface area contributed by atoms with Crippen molar-refractivity contribution in [1.29, 1.82) is 0 Å². The quantitative estimate of drug-likeness (QED) is 0.795. The zero-order valence-electron chi connectivity index (χ0n) is 13.1. The van der Waals surface area contributed by atoms with E-state index in [1.165, 1.54) is 0 Å². The van der Waals surface area contributed by atoms with Crippen molar-refractivity contribution in [2.45, 2.75) is 19.4 Å². The van der Waals surface area contributed by atoms with E-state index in [0.29, 0.717) is 18.0 Å². The molecule has 1 aliphatic heterocycles. The third kappa shape index (κ3) is 2.59. The van der Waals surface area contributed by atoms with Gasteiger partial charge in [-0.2, -0.15) is 9.61 Å². The smallest absolute Gasteiger partial charge is 0.229 e. The van der Waals surface area contributed by atoms with E-state index in [2.05, 4.69) is 15.4 Å². The van der Waals surface area contributed by atoms with E-state index >= 15 is 0 Å². The molecule has 122 valence electrons. The Morgan fingerprint density at radius 1 is 1.29 bits per heavy atom. The first-order valence-electron chi connectivity index (χ1n) is 7.74. The van der Waals surface area contributed by atoms with Gasteiger partial charge in [0, 0.05) is 30.8 Å². The molecular formula is C17H16ClN5O. The van der Waals surface area contributed by atoms with Crippen LogP contribution in [0.1, 0.15) is 12.1 Å². The monoisotopic (exact) mass is 341 g/mol. The Balaban J connectivity index is 1.59. The van der Waals surface area contributed by atoms with Crippen LogP contribution in [-0.2, 0) is 4.79 Å². The van der Waals surface area contributed by atoms with Gasteiger partial charge in [0.25, 0.3) is 0 Å². The molecule has 0 saturated carbocycles. The Labute approximate surface area is 144 Å². The molecular weight excluding hydrogens is 326 g/mol. The number of amides is 1. The van der Waals surface area contributed by atoms with E-state index in [1.807, 2.05) is 37.3 Å². The highest BCUT2D eigenvalue weighted by molar-refractivity contribution is 6.33. The highest BCUT2D eigenvalue weighted by Gasteiger charge is 2.32. The van der Waals surface area contributed by atoms with Crippen molar-refractivity contribution in [3.63, 3.8) is 0 Å². The van der Waals surface area contributed by atoms with Crippen molar-refractivity contribution in [2.75, 3.05) is 16.8 Å². The fourth-order valence-corrected chi connectivity index (χ4v) is 3.30. The topological polar surface area (TPSA) is 62.5 Å². The lowest BCUT2D eigenvalue weighted by atomic mass is 10.2. The van der Waals surface area contributed by atoms with Crippen LogP contribution in [0.3, 0.4) is 0 Å². The van der Waals surface area contributed by atoms with Crippen LogP contribution in [0.4, 0.5) is 11.5 Å². The second kappa shape index (κ2) is 5.79. The summed E-state index contributed by atoms with van der Waals surface area (Å²) in [5.74, 6) is 0.893. The van der Waals surface area contributed by atoms with Gasteiger partial charge in [0.2, 0.25) is 5.91 Å². The van der Waals surface area contributed by atoms with E-state index < -0.39 is 0 Å². The summed E-state index contributed by atoms with van der Waals surface area (Å²) in [4.78, 5) is 18.6. The van der Waals surface area contributed by atoms with Gasteiger partial charge in [-0.25, -0.2) is 4.98 Å². The third-order valence-electron chi connectivity index (χ3n) is 4.11.